The van der Waals surface area contributed by atoms with Crippen molar-refractivity contribution in [3.05, 3.63) is 75.0 Å². The largest absolute Gasteiger partial charge is 0.481 e. The summed E-state index contributed by atoms with van der Waals surface area (Å²) in [6.07, 6.45) is 3.00. The zero-order valence-corrected chi connectivity index (χ0v) is 19.3. The van der Waals surface area contributed by atoms with Gasteiger partial charge in [0.1, 0.15) is 15.0 Å². The van der Waals surface area contributed by atoms with E-state index in [1.165, 1.54) is 27.1 Å². The number of benzene rings is 1. The van der Waals surface area contributed by atoms with Crippen LogP contribution in [-0.2, 0) is 9.59 Å². The quantitative estimate of drug-likeness (QED) is 0.321. The minimum atomic E-state index is -1.02. The van der Waals surface area contributed by atoms with Crippen LogP contribution >= 0.6 is 35.7 Å². The first-order valence-corrected chi connectivity index (χ1v) is 11.6. The van der Waals surface area contributed by atoms with Crippen LogP contribution in [0.15, 0.2) is 68.3 Å². The third kappa shape index (κ3) is 4.62. The molecule has 0 atom stereocenters. The Hall–Kier alpha value is -2.95. The molecular formula is C22H17N3O4S3. The molecule has 3 aromatic rings. The van der Waals surface area contributed by atoms with E-state index < -0.39 is 11.9 Å². The molecule has 1 aliphatic heterocycles. The van der Waals surface area contributed by atoms with Gasteiger partial charge in [-0.25, -0.2) is 4.98 Å². The number of fused-ring (bicyclic) bond motifs is 1. The Morgan fingerprint density at radius 1 is 1.22 bits per heavy atom. The van der Waals surface area contributed by atoms with E-state index in [0.29, 0.717) is 10.7 Å². The van der Waals surface area contributed by atoms with Crippen molar-refractivity contribution in [2.45, 2.75) is 23.3 Å². The molecular weight excluding hydrogens is 466 g/mol. The summed E-state index contributed by atoms with van der Waals surface area (Å²) in [5.41, 5.74) is 1.38. The van der Waals surface area contributed by atoms with Crippen LogP contribution in [0, 0.1) is 6.92 Å². The Kier molecular flexibility index (Phi) is 6.45. The lowest BCUT2D eigenvalue weighted by Gasteiger charge is -2.12. The second-order valence-electron chi connectivity index (χ2n) is 6.96. The number of nitrogens with zero attached hydrogens (tertiary/aromatic N) is 3. The fourth-order valence-corrected chi connectivity index (χ4v) is 5.27. The number of aliphatic carboxylic acids is 1. The van der Waals surface area contributed by atoms with Gasteiger partial charge in [-0.15, -0.1) is 0 Å². The molecule has 0 bridgehead atoms. The molecule has 3 heterocycles. The van der Waals surface area contributed by atoms with E-state index in [9.17, 15) is 14.4 Å². The van der Waals surface area contributed by atoms with Crippen molar-refractivity contribution in [1.29, 1.82) is 0 Å². The summed E-state index contributed by atoms with van der Waals surface area (Å²) in [5, 5.41) is 9.40. The van der Waals surface area contributed by atoms with Crippen LogP contribution in [0.1, 0.15) is 17.5 Å². The highest BCUT2D eigenvalue weighted by atomic mass is 32.2. The van der Waals surface area contributed by atoms with E-state index in [2.05, 4.69) is 4.98 Å². The maximum absolute atomic E-state index is 13.4. The molecule has 0 spiro atoms. The van der Waals surface area contributed by atoms with E-state index in [1.54, 1.807) is 12.3 Å². The average molecular weight is 484 g/mol. The molecule has 2 aromatic heterocycles. The monoisotopic (exact) mass is 483 g/mol. The summed E-state index contributed by atoms with van der Waals surface area (Å²) < 4.78 is 1.73. The number of rotatable bonds is 6. The van der Waals surface area contributed by atoms with Gasteiger partial charge in [-0.05, 0) is 36.8 Å². The van der Waals surface area contributed by atoms with Crippen LogP contribution in [0.5, 0.6) is 0 Å². The SMILES string of the molecule is Cc1ccc2nc(Sc3ccccc3)c(C=C3SC(=S)N(CCC(=O)O)C3=O)c(=O)n2c1. The molecule has 32 heavy (non-hydrogen) atoms. The molecule has 1 aromatic carbocycles. The predicted molar refractivity (Wildman–Crippen MR) is 129 cm³/mol. The number of carbonyl (C=O) groups excluding carboxylic acids is 1. The predicted octanol–water partition coefficient (Wildman–Crippen LogP) is 3.83. The molecule has 162 valence electrons. The van der Waals surface area contributed by atoms with Crippen molar-refractivity contribution in [1.82, 2.24) is 14.3 Å². The summed E-state index contributed by atoms with van der Waals surface area (Å²) in [6, 6.07) is 13.2. The first-order valence-electron chi connectivity index (χ1n) is 9.56. The van der Waals surface area contributed by atoms with Gasteiger partial charge in [-0.1, -0.05) is 60.0 Å². The van der Waals surface area contributed by atoms with Crippen LogP contribution in [0.25, 0.3) is 11.7 Å². The highest BCUT2D eigenvalue weighted by Gasteiger charge is 2.32. The number of aromatic nitrogens is 2. The van der Waals surface area contributed by atoms with Gasteiger partial charge in [-0.3, -0.25) is 23.7 Å². The molecule has 0 radical (unpaired) electrons. The first-order chi connectivity index (χ1) is 15.3. The molecule has 1 aliphatic rings. The van der Waals surface area contributed by atoms with Crippen LogP contribution in [-0.4, -0.2) is 42.1 Å². The number of carboxylic acid groups (broad SMARTS) is 1. The summed E-state index contributed by atoms with van der Waals surface area (Å²) in [7, 11) is 0. The van der Waals surface area contributed by atoms with Crippen LogP contribution < -0.4 is 5.56 Å². The first kappa shape index (κ1) is 22.3. The lowest BCUT2D eigenvalue weighted by molar-refractivity contribution is -0.137. The number of thiocarbonyl (C=S) groups is 1. The minimum Gasteiger partial charge on any atom is -0.481 e. The van der Waals surface area contributed by atoms with Crippen LogP contribution in [0.4, 0.5) is 0 Å². The molecule has 1 N–H and O–H groups in total. The second-order valence-corrected chi connectivity index (χ2v) is 9.70. The molecule has 1 saturated heterocycles. The molecule has 0 aliphatic carbocycles. The van der Waals surface area contributed by atoms with E-state index in [-0.39, 0.29) is 33.3 Å². The van der Waals surface area contributed by atoms with E-state index in [4.69, 9.17) is 17.3 Å². The number of hydrogen-bond acceptors (Lipinski definition) is 7. The van der Waals surface area contributed by atoms with Crippen molar-refractivity contribution in [2.24, 2.45) is 0 Å². The van der Waals surface area contributed by atoms with E-state index in [1.807, 2.05) is 43.3 Å². The number of aryl methyl sites for hydroxylation is 1. The number of hydrogen-bond donors (Lipinski definition) is 1. The van der Waals surface area contributed by atoms with Crippen LogP contribution in [0.3, 0.4) is 0 Å². The Balaban J connectivity index is 1.81. The van der Waals surface area contributed by atoms with E-state index >= 15 is 0 Å². The van der Waals surface area contributed by atoms with Gasteiger partial charge in [0.2, 0.25) is 0 Å². The molecule has 10 heteroatoms. The average Bonchev–Trinajstić information content (AvgIpc) is 3.03. The Morgan fingerprint density at radius 3 is 2.69 bits per heavy atom. The van der Waals surface area contributed by atoms with Crippen molar-refractivity contribution in [2.75, 3.05) is 6.54 Å². The third-order valence-electron chi connectivity index (χ3n) is 4.63. The van der Waals surface area contributed by atoms with Gasteiger partial charge < -0.3 is 5.11 Å². The Bertz CT molecular complexity index is 1340. The van der Waals surface area contributed by atoms with Gasteiger partial charge in [0.25, 0.3) is 11.5 Å². The van der Waals surface area contributed by atoms with E-state index in [0.717, 1.165) is 22.2 Å². The number of amides is 1. The maximum atomic E-state index is 13.4. The lowest BCUT2D eigenvalue weighted by atomic mass is 10.2. The molecule has 7 nitrogen and oxygen atoms in total. The van der Waals surface area contributed by atoms with Crippen LogP contribution in [0.2, 0.25) is 0 Å². The number of thioether (sulfide) groups is 1. The zero-order chi connectivity index (χ0) is 22.8. The topological polar surface area (TPSA) is 92.0 Å². The highest BCUT2D eigenvalue weighted by molar-refractivity contribution is 8.26. The summed E-state index contributed by atoms with van der Waals surface area (Å²) in [4.78, 5) is 44.2. The normalized spacial score (nSPS) is 15.2. The zero-order valence-electron chi connectivity index (χ0n) is 16.8. The lowest BCUT2D eigenvalue weighted by Crippen LogP contribution is -2.30. The molecule has 1 fully saturated rings. The summed E-state index contributed by atoms with van der Waals surface area (Å²) in [5.74, 6) is -1.43. The van der Waals surface area contributed by atoms with Crippen molar-refractivity contribution in [3.63, 3.8) is 0 Å². The minimum absolute atomic E-state index is 0.0168. The molecule has 1 amide bonds. The van der Waals surface area contributed by atoms with Crippen molar-refractivity contribution in [3.8, 4) is 0 Å². The highest BCUT2D eigenvalue weighted by Crippen LogP contribution is 2.35. The Morgan fingerprint density at radius 2 is 1.97 bits per heavy atom. The van der Waals surface area contributed by atoms with Gasteiger partial charge in [0, 0.05) is 17.6 Å². The van der Waals surface area contributed by atoms with Crippen molar-refractivity contribution < 1.29 is 14.7 Å². The van der Waals surface area contributed by atoms with Gasteiger partial charge in [0.15, 0.2) is 0 Å². The molecule has 4 rings (SSSR count). The Labute approximate surface area is 197 Å². The number of carboxylic acids is 1. The fourth-order valence-electron chi connectivity index (χ4n) is 3.07. The summed E-state index contributed by atoms with van der Waals surface area (Å²) in [6.45, 7) is 1.86. The second kappa shape index (κ2) is 9.27. The van der Waals surface area contributed by atoms with Gasteiger partial charge >= 0.3 is 5.97 Å². The maximum Gasteiger partial charge on any atom is 0.305 e. The molecule has 0 saturated carbocycles. The third-order valence-corrected chi connectivity index (χ3v) is 7.02. The molecule has 0 unspecified atom stereocenters. The number of pyridine rings is 1. The standard InChI is InChI=1S/C22H17N3O4S3/c1-13-7-8-17-23-19(31-14-5-3-2-4-6-14)15(20(28)25(17)12-13)11-16-21(29)24(22(30)32-16)10-9-18(26)27/h2-8,11-12H,9-10H2,1H3,(H,26,27). The summed E-state index contributed by atoms with van der Waals surface area (Å²) >= 11 is 7.64. The fraction of sp³-hybridized carbons (Fsp3) is 0.136. The van der Waals surface area contributed by atoms with Gasteiger partial charge in [0.05, 0.1) is 16.9 Å². The smallest absolute Gasteiger partial charge is 0.305 e. The van der Waals surface area contributed by atoms with Crippen molar-refractivity contribution >= 4 is 63.7 Å². The number of carbonyl (C=O) groups is 2. The van der Waals surface area contributed by atoms with Gasteiger partial charge in [-0.2, -0.15) is 0 Å².